The van der Waals surface area contributed by atoms with Gasteiger partial charge in [0.15, 0.2) is 0 Å². The van der Waals surface area contributed by atoms with Crippen LogP contribution >= 0.6 is 12.2 Å². The lowest BCUT2D eigenvalue weighted by molar-refractivity contribution is 0.101. The van der Waals surface area contributed by atoms with Gasteiger partial charge in [-0.05, 0) is 12.5 Å². The first-order valence-electron chi connectivity index (χ1n) is 5.25. The van der Waals surface area contributed by atoms with E-state index in [2.05, 4.69) is 0 Å². The highest BCUT2D eigenvalue weighted by atomic mass is 32.1. The molecule has 0 aliphatic carbocycles. The Kier molecular flexibility index (Phi) is 4.90. The van der Waals surface area contributed by atoms with Gasteiger partial charge in [0.2, 0.25) is 0 Å². The van der Waals surface area contributed by atoms with Crippen molar-refractivity contribution in [1.29, 1.82) is 0 Å². The number of ether oxygens (including phenoxy) is 1. The molecule has 0 fully saturated rings. The smallest absolute Gasteiger partial charge is 0.410 e. The standard InChI is InChI=1S/C12H16N2O2S/c1-9(11(13)17)14(2)12(15)16-8-10-6-4-3-5-7-10/h3-7,9H,8H2,1-2H3,(H2,13,17)/t9-/m1/s1. The maximum absolute atomic E-state index is 11.7. The molecule has 0 aliphatic heterocycles. The summed E-state index contributed by atoms with van der Waals surface area (Å²) in [7, 11) is 1.61. The lowest BCUT2D eigenvalue weighted by Crippen LogP contribution is -2.42. The molecular formula is C12H16N2O2S. The number of hydrogen-bond donors (Lipinski definition) is 1. The molecule has 1 atom stereocenters. The Morgan fingerprint density at radius 3 is 2.59 bits per heavy atom. The molecule has 17 heavy (non-hydrogen) atoms. The van der Waals surface area contributed by atoms with E-state index < -0.39 is 6.09 Å². The summed E-state index contributed by atoms with van der Waals surface area (Å²) in [6, 6.07) is 9.17. The van der Waals surface area contributed by atoms with Crippen molar-refractivity contribution >= 4 is 23.3 Å². The number of rotatable bonds is 4. The second kappa shape index (κ2) is 6.20. The van der Waals surface area contributed by atoms with E-state index in [1.165, 1.54) is 4.90 Å². The molecule has 0 heterocycles. The van der Waals surface area contributed by atoms with E-state index in [4.69, 9.17) is 22.7 Å². The van der Waals surface area contributed by atoms with Gasteiger partial charge >= 0.3 is 6.09 Å². The van der Waals surface area contributed by atoms with Crippen molar-refractivity contribution in [1.82, 2.24) is 4.90 Å². The monoisotopic (exact) mass is 252 g/mol. The van der Waals surface area contributed by atoms with Crippen LogP contribution in [0.5, 0.6) is 0 Å². The van der Waals surface area contributed by atoms with Gasteiger partial charge in [-0.25, -0.2) is 4.79 Å². The maximum Gasteiger partial charge on any atom is 0.410 e. The van der Waals surface area contributed by atoms with Gasteiger partial charge in [-0.3, -0.25) is 0 Å². The van der Waals surface area contributed by atoms with Gasteiger partial charge < -0.3 is 15.4 Å². The minimum Gasteiger partial charge on any atom is -0.445 e. The van der Waals surface area contributed by atoms with Crippen molar-refractivity contribution in [3.8, 4) is 0 Å². The molecule has 1 aromatic rings. The summed E-state index contributed by atoms with van der Waals surface area (Å²) in [5.41, 5.74) is 6.41. The van der Waals surface area contributed by atoms with Gasteiger partial charge in [-0.15, -0.1) is 0 Å². The van der Waals surface area contributed by atoms with Crippen LogP contribution in [-0.4, -0.2) is 29.1 Å². The summed E-state index contributed by atoms with van der Waals surface area (Å²) in [5, 5.41) is 0. The predicted octanol–water partition coefficient (Wildman–Crippen LogP) is 1.93. The predicted molar refractivity (Wildman–Crippen MR) is 70.6 cm³/mol. The molecule has 1 aromatic carbocycles. The second-order valence-corrected chi connectivity index (χ2v) is 4.20. The Labute approximate surface area is 106 Å². The highest BCUT2D eigenvalue weighted by Crippen LogP contribution is 2.04. The fourth-order valence-corrected chi connectivity index (χ4v) is 1.33. The number of likely N-dealkylation sites (N-methyl/N-ethyl adjacent to an activating group) is 1. The SMILES string of the molecule is C[C@H](C(N)=S)N(C)C(=O)OCc1ccccc1. The maximum atomic E-state index is 11.7. The molecule has 92 valence electrons. The van der Waals surface area contributed by atoms with Crippen molar-refractivity contribution in [3.63, 3.8) is 0 Å². The Morgan fingerprint density at radius 1 is 1.47 bits per heavy atom. The van der Waals surface area contributed by atoms with E-state index in [0.29, 0.717) is 0 Å². The molecule has 0 radical (unpaired) electrons. The molecule has 1 rings (SSSR count). The minimum atomic E-state index is -0.436. The van der Waals surface area contributed by atoms with Crippen LogP contribution in [0.3, 0.4) is 0 Å². The van der Waals surface area contributed by atoms with Gasteiger partial charge in [0, 0.05) is 7.05 Å². The topological polar surface area (TPSA) is 55.6 Å². The van der Waals surface area contributed by atoms with E-state index >= 15 is 0 Å². The third kappa shape index (κ3) is 4.03. The molecule has 0 aliphatic rings. The average Bonchev–Trinajstić information content (AvgIpc) is 2.35. The zero-order valence-corrected chi connectivity index (χ0v) is 10.7. The van der Waals surface area contributed by atoms with Gasteiger partial charge in [-0.1, -0.05) is 42.5 Å². The van der Waals surface area contributed by atoms with Gasteiger partial charge in [0.25, 0.3) is 0 Å². The number of benzene rings is 1. The molecule has 4 nitrogen and oxygen atoms in total. The van der Waals surface area contributed by atoms with Crippen LogP contribution in [0.25, 0.3) is 0 Å². The molecule has 0 unspecified atom stereocenters. The van der Waals surface area contributed by atoms with E-state index in [0.717, 1.165) is 5.56 Å². The fraction of sp³-hybridized carbons (Fsp3) is 0.333. The molecule has 5 heteroatoms. The van der Waals surface area contributed by atoms with Crippen LogP contribution in [0.1, 0.15) is 12.5 Å². The third-order valence-corrected chi connectivity index (χ3v) is 2.83. The van der Waals surface area contributed by atoms with Crippen molar-refractivity contribution in [2.75, 3.05) is 7.05 Å². The molecular weight excluding hydrogens is 236 g/mol. The number of nitrogens with two attached hydrogens (primary N) is 1. The van der Waals surface area contributed by atoms with Gasteiger partial charge in [-0.2, -0.15) is 0 Å². The Bertz CT molecular complexity index is 395. The highest BCUT2D eigenvalue weighted by molar-refractivity contribution is 7.80. The molecule has 0 bridgehead atoms. The Hall–Kier alpha value is -1.62. The molecule has 0 saturated carbocycles. The zero-order valence-electron chi connectivity index (χ0n) is 9.92. The summed E-state index contributed by atoms with van der Waals surface area (Å²) in [5.74, 6) is 0. The normalized spacial score (nSPS) is 11.6. The largest absolute Gasteiger partial charge is 0.445 e. The minimum absolute atomic E-state index is 0.244. The highest BCUT2D eigenvalue weighted by Gasteiger charge is 2.18. The van der Waals surface area contributed by atoms with Crippen LogP contribution in [0.2, 0.25) is 0 Å². The quantitative estimate of drug-likeness (QED) is 0.832. The Balaban J connectivity index is 2.47. The molecule has 2 N–H and O–H groups in total. The Morgan fingerprint density at radius 2 is 2.06 bits per heavy atom. The van der Waals surface area contributed by atoms with E-state index in [9.17, 15) is 4.79 Å². The zero-order chi connectivity index (χ0) is 12.8. The number of carbonyl (C=O) groups is 1. The second-order valence-electron chi connectivity index (χ2n) is 3.73. The first-order valence-corrected chi connectivity index (χ1v) is 5.66. The number of amides is 1. The van der Waals surface area contributed by atoms with Crippen LogP contribution in [0.4, 0.5) is 4.79 Å². The first-order chi connectivity index (χ1) is 8.02. The molecule has 0 spiro atoms. The van der Waals surface area contributed by atoms with E-state index in [1.54, 1.807) is 14.0 Å². The van der Waals surface area contributed by atoms with E-state index in [1.807, 2.05) is 30.3 Å². The summed E-state index contributed by atoms with van der Waals surface area (Å²) in [4.78, 5) is 13.3. The van der Waals surface area contributed by atoms with E-state index in [-0.39, 0.29) is 17.6 Å². The summed E-state index contributed by atoms with van der Waals surface area (Å²) in [6.45, 7) is 2.00. The molecule has 0 saturated heterocycles. The fourth-order valence-electron chi connectivity index (χ4n) is 1.17. The summed E-state index contributed by atoms with van der Waals surface area (Å²) < 4.78 is 5.13. The van der Waals surface area contributed by atoms with Crippen LogP contribution in [0.15, 0.2) is 30.3 Å². The van der Waals surface area contributed by atoms with Crippen molar-refractivity contribution in [3.05, 3.63) is 35.9 Å². The van der Waals surface area contributed by atoms with Crippen LogP contribution < -0.4 is 5.73 Å². The van der Waals surface area contributed by atoms with Crippen molar-refractivity contribution in [2.24, 2.45) is 5.73 Å². The summed E-state index contributed by atoms with van der Waals surface area (Å²) in [6.07, 6.45) is -0.436. The lowest BCUT2D eigenvalue weighted by atomic mass is 10.2. The average molecular weight is 252 g/mol. The van der Waals surface area contributed by atoms with Crippen molar-refractivity contribution < 1.29 is 9.53 Å². The lowest BCUT2D eigenvalue weighted by Gasteiger charge is -2.23. The molecule has 0 aromatic heterocycles. The third-order valence-electron chi connectivity index (χ3n) is 2.49. The molecule has 1 amide bonds. The summed E-state index contributed by atoms with van der Waals surface area (Å²) >= 11 is 4.82. The van der Waals surface area contributed by atoms with Crippen molar-refractivity contribution in [2.45, 2.75) is 19.6 Å². The van der Waals surface area contributed by atoms with Gasteiger partial charge in [0.1, 0.15) is 6.61 Å². The van der Waals surface area contributed by atoms with Crippen LogP contribution in [0, 0.1) is 0 Å². The van der Waals surface area contributed by atoms with Crippen LogP contribution in [-0.2, 0) is 11.3 Å². The number of hydrogen-bond acceptors (Lipinski definition) is 3. The van der Waals surface area contributed by atoms with Gasteiger partial charge in [0.05, 0.1) is 11.0 Å². The number of thiocarbonyl (C=S) groups is 1. The first kappa shape index (κ1) is 13.4. The number of nitrogens with zero attached hydrogens (tertiary/aromatic N) is 1. The number of carbonyl (C=O) groups excluding carboxylic acids is 1.